The molecule has 0 aromatic rings. The van der Waals surface area contributed by atoms with Crippen LogP contribution >= 0.6 is 0 Å². The summed E-state index contributed by atoms with van der Waals surface area (Å²) in [5, 5.41) is 2.76. The molecule has 0 radical (unpaired) electrons. The lowest BCUT2D eigenvalue weighted by Crippen LogP contribution is -2.60. The third-order valence-corrected chi connectivity index (χ3v) is 3.56. The number of hydrogen-bond acceptors (Lipinski definition) is 1. The van der Waals surface area contributed by atoms with E-state index < -0.39 is 11.6 Å². The molecule has 3 atom stereocenters. The summed E-state index contributed by atoms with van der Waals surface area (Å²) in [6.07, 6.45) is -0.963. The Morgan fingerprint density at radius 2 is 1.93 bits per heavy atom. The standard InChI is InChI=1S/C11H20FNO/c1-6(2)8-9(12)11(4,5)7(3)10(14)13-8/h6-9H,1-5H3,(H,13,14). The van der Waals surface area contributed by atoms with Crippen LogP contribution in [0.1, 0.15) is 34.6 Å². The van der Waals surface area contributed by atoms with Crippen LogP contribution in [0.4, 0.5) is 4.39 Å². The van der Waals surface area contributed by atoms with Crippen molar-refractivity contribution in [3.63, 3.8) is 0 Å². The van der Waals surface area contributed by atoms with Gasteiger partial charge in [0, 0.05) is 11.3 Å². The number of nitrogens with one attached hydrogen (secondary N) is 1. The van der Waals surface area contributed by atoms with Gasteiger partial charge in [0.05, 0.1) is 6.04 Å². The maximum atomic E-state index is 14.1. The van der Waals surface area contributed by atoms with Crippen molar-refractivity contribution in [1.29, 1.82) is 0 Å². The second-order valence-corrected chi connectivity index (χ2v) is 5.22. The maximum Gasteiger partial charge on any atom is 0.223 e. The molecule has 3 heteroatoms. The van der Waals surface area contributed by atoms with Gasteiger partial charge in [0.1, 0.15) is 6.17 Å². The highest BCUT2D eigenvalue weighted by Gasteiger charge is 2.48. The van der Waals surface area contributed by atoms with Crippen LogP contribution in [-0.2, 0) is 4.79 Å². The summed E-state index contributed by atoms with van der Waals surface area (Å²) in [5.74, 6) is -0.143. The molecule has 1 saturated heterocycles. The van der Waals surface area contributed by atoms with Crippen molar-refractivity contribution in [1.82, 2.24) is 5.32 Å². The van der Waals surface area contributed by atoms with Crippen molar-refractivity contribution in [3.05, 3.63) is 0 Å². The number of rotatable bonds is 1. The van der Waals surface area contributed by atoms with Gasteiger partial charge in [-0.3, -0.25) is 4.79 Å². The lowest BCUT2D eigenvalue weighted by Gasteiger charge is -2.45. The average molecular weight is 201 g/mol. The number of piperidine rings is 1. The molecule has 0 spiro atoms. The van der Waals surface area contributed by atoms with Gasteiger partial charge in [-0.25, -0.2) is 4.39 Å². The van der Waals surface area contributed by atoms with E-state index in [0.717, 1.165) is 0 Å². The normalized spacial score (nSPS) is 37.1. The number of hydrogen-bond donors (Lipinski definition) is 1. The molecule has 0 aromatic heterocycles. The molecule has 82 valence electrons. The summed E-state index contributed by atoms with van der Waals surface area (Å²) in [4.78, 5) is 11.6. The van der Waals surface area contributed by atoms with E-state index >= 15 is 0 Å². The van der Waals surface area contributed by atoms with Crippen LogP contribution in [0.3, 0.4) is 0 Å². The first-order valence-electron chi connectivity index (χ1n) is 5.23. The van der Waals surface area contributed by atoms with Crippen LogP contribution in [0.5, 0.6) is 0 Å². The van der Waals surface area contributed by atoms with Gasteiger partial charge >= 0.3 is 0 Å². The summed E-state index contributed by atoms with van der Waals surface area (Å²) in [6, 6.07) is -0.339. The smallest absolute Gasteiger partial charge is 0.223 e. The molecule has 1 rings (SSSR count). The van der Waals surface area contributed by atoms with E-state index in [-0.39, 0.29) is 23.8 Å². The zero-order valence-corrected chi connectivity index (χ0v) is 9.60. The Balaban J connectivity index is 2.93. The van der Waals surface area contributed by atoms with Crippen molar-refractivity contribution in [2.45, 2.75) is 46.8 Å². The Morgan fingerprint density at radius 3 is 2.36 bits per heavy atom. The predicted molar refractivity (Wildman–Crippen MR) is 54.6 cm³/mol. The second-order valence-electron chi connectivity index (χ2n) is 5.22. The van der Waals surface area contributed by atoms with Crippen LogP contribution in [0.2, 0.25) is 0 Å². The maximum absolute atomic E-state index is 14.1. The van der Waals surface area contributed by atoms with Crippen molar-refractivity contribution in [2.75, 3.05) is 0 Å². The highest BCUT2D eigenvalue weighted by Crippen LogP contribution is 2.39. The van der Waals surface area contributed by atoms with Crippen molar-refractivity contribution < 1.29 is 9.18 Å². The van der Waals surface area contributed by atoms with Crippen molar-refractivity contribution in [2.24, 2.45) is 17.3 Å². The number of carbonyl (C=O) groups excluding carboxylic acids is 1. The van der Waals surface area contributed by atoms with Gasteiger partial charge < -0.3 is 5.32 Å². The van der Waals surface area contributed by atoms with Crippen LogP contribution in [0.25, 0.3) is 0 Å². The van der Waals surface area contributed by atoms with Gasteiger partial charge in [0.15, 0.2) is 0 Å². The SMILES string of the molecule is CC(C)C1NC(=O)C(C)C(C)(C)C1F. The molecule has 1 fully saturated rings. The van der Waals surface area contributed by atoms with Crippen LogP contribution in [0, 0.1) is 17.3 Å². The van der Waals surface area contributed by atoms with Gasteiger partial charge in [-0.1, -0.05) is 34.6 Å². The van der Waals surface area contributed by atoms with Crippen LogP contribution in [0.15, 0.2) is 0 Å². The molecule has 14 heavy (non-hydrogen) atoms. The summed E-state index contributed by atoms with van der Waals surface area (Å²) < 4.78 is 14.1. The summed E-state index contributed by atoms with van der Waals surface area (Å²) in [6.45, 7) is 9.32. The van der Waals surface area contributed by atoms with Gasteiger partial charge in [0.2, 0.25) is 5.91 Å². The highest BCUT2D eigenvalue weighted by molar-refractivity contribution is 5.80. The number of amides is 1. The molecule has 0 aromatic carbocycles. The largest absolute Gasteiger partial charge is 0.350 e. The molecular weight excluding hydrogens is 181 g/mol. The molecule has 2 nitrogen and oxygen atoms in total. The molecule has 0 saturated carbocycles. The summed E-state index contributed by atoms with van der Waals surface area (Å²) in [7, 11) is 0. The fourth-order valence-corrected chi connectivity index (χ4v) is 1.91. The molecular formula is C11H20FNO. The van der Waals surface area contributed by atoms with E-state index in [9.17, 15) is 9.18 Å². The van der Waals surface area contributed by atoms with Crippen LogP contribution in [-0.4, -0.2) is 18.1 Å². The van der Waals surface area contributed by atoms with Crippen LogP contribution < -0.4 is 5.32 Å². The molecule has 1 aliphatic heterocycles. The number of halogens is 1. The van der Waals surface area contributed by atoms with Gasteiger partial charge in [0.25, 0.3) is 0 Å². The van der Waals surface area contributed by atoms with Gasteiger partial charge in [-0.15, -0.1) is 0 Å². The Hall–Kier alpha value is -0.600. The molecule has 1 N–H and O–H groups in total. The zero-order valence-electron chi connectivity index (χ0n) is 9.60. The fourth-order valence-electron chi connectivity index (χ4n) is 1.91. The number of carbonyl (C=O) groups is 1. The predicted octanol–water partition coefficient (Wildman–Crippen LogP) is 2.14. The molecule has 1 heterocycles. The van der Waals surface area contributed by atoms with Crippen molar-refractivity contribution >= 4 is 5.91 Å². The molecule has 1 amide bonds. The monoisotopic (exact) mass is 201 g/mol. The van der Waals surface area contributed by atoms with E-state index in [0.29, 0.717) is 0 Å². The molecule has 0 aliphatic carbocycles. The Labute approximate surface area is 85.3 Å². The van der Waals surface area contributed by atoms with E-state index in [1.54, 1.807) is 6.92 Å². The number of alkyl halides is 1. The average Bonchev–Trinajstić information content (AvgIpc) is 2.08. The Morgan fingerprint density at radius 1 is 1.43 bits per heavy atom. The Bertz CT molecular complexity index is 237. The molecule has 1 aliphatic rings. The second kappa shape index (κ2) is 3.52. The molecule has 3 unspecified atom stereocenters. The fraction of sp³-hybridized carbons (Fsp3) is 0.909. The summed E-state index contributed by atoms with van der Waals surface area (Å²) in [5.41, 5.74) is -0.558. The Kier molecular flexibility index (Phi) is 2.88. The molecule has 0 bridgehead atoms. The third kappa shape index (κ3) is 1.64. The lowest BCUT2D eigenvalue weighted by atomic mass is 9.68. The van der Waals surface area contributed by atoms with Gasteiger partial charge in [-0.2, -0.15) is 0 Å². The minimum Gasteiger partial charge on any atom is -0.350 e. The van der Waals surface area contributed by atoms with E-state index in [1.807, 2.05) is 27.7 Å². The minimum absolute atomic E-state index is 0.0254. The zero-order chi connectivity index (χ0) is 11.1. The van der Waals surface area contributed by atoms with E-state index in [1.165, 1.54) is 0 Å². The van der Waals surface area contributed by atoms with Crippen molar-refractivity contribution in [3.8, 4) is 0 Å². The first-order valence-corrected chi connectivity index (χ1v) is 5.23. The summed E-state index contributed by atoms with van der Waals surface area (Å²) >= 11 is 0. The first-order chi connectivity index (χ1) is 6.28. The van der Waals surface area contributed by atoms with E-state index in [2.05, 4.69) is 5.32 Å². The van der Waals surface area contributed by atoms with E-state index in [4.69, 9.17) is 0 Å². The third-order valence-electron chi connectivity index (χ3n) is 3.56. The quantitative estimate of drug-likeness (QED) is 0.692. The first kappa shape index (κ1) is 11.5. The lowest BCUT2D eigenvalue weighted by molar-refractivity contribution is -0.138. The highest BCUT2D eigenvalue weighted by atomic mass is 19.1. The minimum atomic E-state index is -0.963. The topological polar surface area (TPSA) is 29.1 Å². The van der Waals surface area contributed by atoms with Gasteiger partial charge in [-0.05, 0) is 5.92 Å².